The smallest absolute Gasteiger partial charge is 0.251 e. The lowest BCUT2D eigenvalue weighted by molar-refractivity contribution is 0.0953. The fourth-order valence-corrected chi connectivity index (χ4v) is 1.94. The molecule has 0 aromatic carbocycles. The molecule has 2 aromatic heterocycles. The molecule has 0 spiro atoms. The SMILES string of the molecule is CCc1cc(C(=O)NCCCc2ncn[nH]2)cc(NC)n1. The summed E-state index contributed by atoms with van der Waals surface area (Å²) >= 11 is 0. The number of pyridine rings is 1. The van der Waals surface area contributed by atoms with Crippen LogP contribution in [0.2, 0.25) is 0 Å². The first-order valence-corrected chi connectivity index (χ1v) is 7.04. The van der Waals surface area contributed by atoms with E-state index in [1.54, 1.807) is 13.1 Å². The molecule has 0 aliphatic carbocycles. The lowest BCUT2D eigenvalue weighted by atomic mass is 10.1. The third kappa shape index (κ3) is 4.27. The Hall–Kier alpha value is -2.44. The molecule has 2 rings (SSSR count). The number of aromatic amines is 1. The van der Waals surface area contributed by atoms with E-state index >= 15 is 0 Å². The van der Waals surface area contributed by atoms with Gasteiger partial charge in [-0.1, -0.05) is 6.92 Å². The van der Waals surface area contributed by atoms with Gasteiger partial charge in [0.05, 0.1) is 0 Å². The Labute approximate surface area is 123 Å². The van der Waals surface area contributed by atoms with Crippen LogP contribution in [0.15, 0.2) is 18.5 Å². The minimum absolute atomic E-state index is 0.0823. The number of hydrogen-bond donors (Lipinski definition) is 3. The van der Waals surface area contributed by atoms with Crippen LogP contribution in [0.1, 0.15) is 35.2 Å². The predicted octanol–water partition coefficient (Wildman–Crippen LogP) is 1.17. The minimum Gasteiger partial charge on any atom is -0.373 e. The van der Waals surface area contributed by atoms with E-state index in [-0.39, 0.29) is 5.91 Å². The molecule has 0 saturated heterocycles. The van der Waals surface area contributed by atoms with Crippen molar-refractivity contribution in [1.29, 1.82) is 0 Å². The molecule has 21 heavy (non-hydrogen) atoms. The highest BCUT2D eigenvalue weighted by Crippen LogP contribution is 2.10. The third-order valence-electron chi connectivity index (χ3n) is 3.10. The number of anilines is 1. The van der Waals surface area contributed by atoms with E-state index in [0.29, 0.717) is 17.9 Å². The van der Waals surface area contributed by atoms with Gasteiger partial charge in [-0.3, -0.25) is 9.89 Å². The number of rotatable bonds is 7. The van der Waals surface area contributed by atoms with Crippen LogP contribution >= 0.6 is 0 Å². The number of H-pyrrole nitrogens is 1. The summed E-state index contributed by atoms with van der Waals surface area (Å²) in [6.45, 7) is 2.61. The zero-order chi connectivity index (χ0) is 15.1. The van der Waals surface area contributed by atoms with E-state index in [1.807, 2.05) is 13.0 Å². The fraction of sp³-hybridized carbons (Fsp3) is 0.429. The van der Waals surface area contributed by atoms with Gasteiger partial charge in [-0.15, -0.1) is 0 Å². The van der Waals surface area contributed by atoms with Crippen molar-refractivity contribution in [1.82, 2.24) is 25.5 Å². The highest BCUT2D eigenvalue weighted by molar-refractivity contribution is 5.95. The van der Waals surface area contributed by atoms with Crippen LogP contribution in [0.5, 0.6) is 0 Å². The number of aryl methyl sites for hydroxylation is 2. The van der Waals surface area contributed by atoms with Crippen LogP contribution in [0.25, 0.3) is 0 Å². The summed E-state index contributed by atoms with van der Waals surface area (Å²) in [4.78, 5) is 20.6. The number of amides is 1. The average Bonchev–Trinajstić information content (AvgIpc) is 3.04. The molecule has 7 heteroatoms. The van der Waals surface area contributed by atoms with Crippen molar-refractivity contribution in [2.45, 2.75) is 26.2 Å². The van der Waals surface area contributed by atoms with E-state index in [4.69, 9.17) is 0 Å². The molecule has 0 bridgehead atoms. The molecular weight excluding hydrogens is 268 g/mol. The van der Waals surface area contributed by atoms with Gasteiger partial charge in [0.2, 0.25) is 0 Å². The lowest BCUT2D eigenvalue weighted by Crippen LogP contribution is -2.25. The van der Waals surface area contributed by atoms with Gasteiger partial charge < -0.3 is 10.6 Å². The van der Waals surface area contributed by atoms with Crippen molar-refractivity contribution >= 4 is 11.7 Å². The van der Waals surface area contributed by atoms with E-state index in [9.17, 15) is 4.79 Å². The molecule has 7 nitrogen and oxygen atoms in total. The normalized spacial score (nSPS) is 10.4. The molecule has 1 amide bonds. The number of carbonyl (C=O) groups excluding carboxylic acids is 1. The van der Waals surface area contributed by atoms with Crippen molar-refractivity contribution in [2.75, 3.05) is 18.9 Å². The first-order chi connectivity index (χ1) is 10.2. The van der Waals surface area contributed by atoms with Crippen LogP contribution in [0.4, 0.5) is 5.82 Å². The molecule has 0 atom stereocenters. The Morgan fingerprint density at radius 1 is 1.38 bits per heavy atom. The van der Waals surface area contributed by atoms with E-state index < -0.39 is 0 Å². The minimum atomic E-state index is -0.0823. The summed E-state index contributed by atoms with van der Waals surface area (Å²) in [5, 5.41) is 12.5. The Morgan fingerprint density at radius 2 is 2.24 bits per heavy atom. The molecular formula is C14H20N6O. The number of nitrogens with zero attached hydrogens (tertiary/aromatic N) is 3. The standard InChI is InChI=1S/C14H20N6O/c1-3-11-7-10(8-13(15-2)19-11)14(21)16-6-4-5-12-17-9-18-20-12/h7-9H,3-6H2,1-2H3,(H,15,19)(H,16,21)(H,17,18,20). The number of nitrogens with one attached hydrogen (secondary N) is 3. The summed E-state index contributed by atoms with van der Waals surface area (Å²) in [7, 11) is 1.79. The van der Waals surface area contributed by atoms with Crippen LogP contribution in [-0.2, 0) is 12.8 Å². The Kier molecular flexibility index (Phi) is 5.25. The van der Waals surface area contributed by atoms with Gasteiger partial charge in [-0.05, 0) is 25.0 Å². The van der Waals surface area contributed by atoms with E-state index in [2.05, 4.69) is 30.8 Å². The van der Waals surface area contributed by atoms with Gasteiger partial charge in [0.25, 0.3) is 5.91 Å². The number of carbonyl (C=O) groups is 1. The fourth-order valence-electron chi connectivity index (χ4n) is 1.94. The number of aromatic nitrogens is 4. The monoisotopic (exact) mass is 288 g/mol. The average molecular weight is 288 g/mol. The first kappa shape index (κ1) is 15.0. The molecule has 2 aromatic rings. The molecule has 112 valence electrons. The highest BCUT2D eigenvalue weighted by Gasteiger charge is 2.08. The molecule has 0 aliphatic heterocycles. The lowest BCUT2D eigenvalue weighted by Gasteiger charge is -2.08. The quantitative estimate of drug-likeness (QED) is 0.665. The summed E-state index contributed by atoms with van der Waals surface area (Å²) < 4.78 is 0. The summed E-state index contributed by atoms with van der Waals surface area (Å²) in [5.74, 6) is 1.46. The molecule has 3 N–H and O–H groups in total. The second-order valence-corrected chi connectivity index (χ2v) is 4.63. The van der Waals surface area contributed by atoms with Crippen molar-refractivity contribution in [3.63, 3.8) is 0 Å². The Bertz CT molecular complexity index is 559. The van der Waals surface area contributed by atoms with E-state index in [0.717, 1.165) is 30.8 Å². The largest absolute Gasteiger partial charge is 0.373 e. The molecule has 0 unspecified atom stereocenters. The van der Waals surface area contributed by atoms with Crippen molar-refractivity contribution in [2.24, 2.45) is 0 Å². The van der Waals surface area contributed by atoms with E-state index in [1.165, 1.54) is 6.33 Å². The van der Waals surface area contributed by atoms with Crippen LogP contribution in [-0.4, -0.2) is 39.7 Å². The van der Waals surface area contributed by atoms with Crippen molar-refractivity contribution in [3.05, 3.63) is 35.5 Å². The van der Waals surface area contributed by atoms with Gasteiger partial charge in [-0.25, -0.2) is 9.97 Å². The summed E-state index contributed by atoms with van der Waals surface area (Å²) in [5.41, 5.74) is 1.53. The summed E-state index contributed by atoms with van der Waals surface area (Å²) in [6.07, 6.45) is 3.85. The van der Waals surface area contributed by atoms with Crippen molar-refractivity contribution in [3.8, 4) is 0 Å². The molecule has 2 heterocycles. The van der Waals surface area contributed by atoms with Crippen LogP contribution in [0.3, 0.4) is 0 Å². The van der Waals surface area contributed by atoms with Gasteiger partial charge in [0.1, 0.15) is 18.0 Å². The van der Waals surface area contributed by atoms with Gasteiger partial charge >= 0.3 is 0 Å². The molecule has 0 radical (unpaired) electrons. The highest BCUT2D eigenvalue weighted by atomic mass is 16.1. The second kappa shape index (κ2) is 7.37. The topological polar surface area (TPSA) is 95.6 Å². The van der Waals surface area contributed by atoms with Crippen molar-refractivity contribution < 1.29 is 4.79 Å². The molecule has 0 saturated carbocycles. The van der Waals surface area contributed by atoms with Gasteiger partial charge in [0, 0.05) is 31.3 Å². The van der Waals surface area contributed by atoms with Gasteiger partial charge in [-0.2, -0.15) is 5.10 Å². The maximum atomic E-state index is 12.1. The maximum absolute atomic E-state index is 12.1. The zero-order valence-corrected chi connectivity index (χ0v) is 12.3. The molecule has 0 aliphatic rings. The Morgan fingerprint density at radius 3 is 2.90 bits per heavy atom. The van der Waals surface area contributed by atoms with Crippen LogP contribution in [0, 0.1) is 0 Å². The first-order valence-electron chi connectivity index (χ1n) is 7.04. The van der Waals surface area contributed by atoms with Gasteiger partial charge in [0.15, 0.2) is 0 Å². The maximum Gasteiger partial charge on any atom is 0.251 e. The predicted molar refractivity (Wildman–Crippen MR) is 80.2 cm³/mol. The second-order valence-electron chi connectivity index (χ2n) is 4.63. The Balaban J connectivity index is 1.87. The van der Waals surface area contributed by atoms with Crippen LogP contribution < -0.4 is 10.6 Å². The third-order valence-corrected chi connectivity index (χ3v) is 3.10. The number of hydrogen-bond acceptors (Lipinski definition) is 5. The zero-order valence-electron chi connectivity index (χ0n) is 12.3. The summed E-state index contributed by atoms with van der Waals surface area (Å²) in [6, 6.07) is 3.58. The molecule has 0 fully saturated rings.